The molecule has 0 bridgehead atoms. The van der Waals surface area contributed by atoms with Gasteiger partial charge < -0.3 is 4.90 Å². The lowest BCUT2D eigenvalue weighted by atomic mass is 10.0. The molecule has 0 fully saturated rings. The third kappa shape index (κ3) is 3.44. The molecule has 2 rings (SSSR count). The lowest BCUT2D eigenvalue weighted by Crippen LogP contribution is -2.28. The molecule has 0 spiro atoms. The molecule has 0 saturated carbocycles. The zero-order valence-corrected chi connectivity index (χ0v) is 12.4. The highest BCUT2D eigenvalue weighted by Crippen LogP contribution is 2.12. The zero-order valence-electron chi connectivity index (χ0n) is 12.4. The molecule has 1 amide bonds. The standard InChI is InChI=1S/C15H20N4O/c1-10-5-6-11(2)13(7-10)8-15(20)19(4)9-14-16-12(3)17-18-14/h5-7H,8-9H2,1-4H3,(H,16,17,18). The number of aryl methyl sites for hydroxylation is 3. The SMILES string of the molecule is Cc1ccc(C)c(CC(=O)N(C)Cc2n[nH]c(C)n2)c1. The second-order valence-corrected chi connectivity index (χ2v) is 5.19. The third-order valence-corrected chi connectivity index (χ3v) is 3.29. The normalized spacial score (nSPS) is 10.6. The minimum atomic E-state index is 0.0705. The molecule has 5 heteroatoms. The van der Waals surface area contributed by atoms with Gasteiger partial charge in [-0.25, -0.2) is 4.98 Å². The maximum absolute atomic E-state index is 12.2. The highest BCUT2D eigenvalue weighted by atomic mass is 16.2. The van der Waals surface area contributed by atoms with Crippen LogP contribution in [0.15, 0.2) is 18.2 Å². The van der Waals surface area contributed by atoms with Crippen molar-refractivity contribution >= 4 is 5.91 Å². The quantitative estimate of drug-likeness (QED) is 0.925. The van der Waals surface area contributed by atoms with Crippen molar-refractivity contribution in [2.45, 2.75) is 33.7 Å². The number of nitrogens with zero attached hydrogens (tertiary/aromatic N) is 3. The predicted molar refractivity (Wildman–Crippen MR) is 77.2 cm³/mol. The van der Waals surface area contributed by atoms with Gasteiger partial charge in [0.25, 0.3) is 0 Å². The summed E-state index contributed by atoms with van der Waals surface area (Å²) in [7, 11) is 1.78. The van der Waals surface area contributed by atoms with E-state index in [4.69, 9.17) is 0 Å². The van der Waals surface area contributed by atoms with E-state index in [1.165, 1.54) is 5.56 Å². The molecule has 0 saturated heterocycles. The van der Waals surface area contributed by atoms with E-state index in [-0.39, 0.29) is 5.91 Å². The van der Waals surface area contributed by atoms with E-state index >= 15 is 0 Å². The monoisotopic (exact) mass is 272 g/mol. The summed E-state index contributed by atoms with van der Waals surface area (Å²) in [6.45, 7) is 6.33. The lowest BCUT2D eigenvalue weighted by molar-refractivity contribution is -0.129. The van der Waals surface area contributed by atoms with Crippen LogP contribution in [-0.4, -0.2) is 33.0 Å². The van der Waals surface area contributed by atoms with Crippen molar-refractivity contribution in [1.29, 1.82) is 0 Å². The van der Waals surface area contributed by atoms with Crippen LogP contribution in [0.25, 0.3) is 0 Å². The van der Waals surface area contributed by atoms with Crippen LogP contribution < -0.4 is 0 Å². The van der Waals surface area contributed by atoms with Crippen LogP contribution in [0.3, 0.4) is 0 Å². The van der Waals surface area contributed by atoms with Gasteiger partial charge in [-0.2, -0.15) is 5.10 Å². The topological polar surface area (TPSA) is 61.9 Å². The molecule has 1 aromatic carbocycles. The Morgan fingerprint density at radius 1 is 1.30 bits per heavy atom. The highest BCUT2D eigenvalue weighted by Gasteiger charge is 2.13. The van der Waals surface area contributed by atoms with Crippen LogP contribution in [0.4, 0.5) is 0 Å². The molecule has 1 heterocycles. The van der Waals surface area contributed by atoms with E-state index in [9.17, 15) is 4.79 Å². The number of nitrogens with one attached hydrogen (secondary N) is 1. The van der Waals surface area contributed by atoms with Gasteiger partial charge in [-0.15, -0.1) is 0 Å². The zero-order chi connectivity index (χ0) is 14.7. The predicted octanol–water partition coefficient (Wildman–Crippen LogP) is 1.93. The van der Waals surface area contributed by atoms with E-state index in [1.807, 2.05) is 20.8 Å². The van der Waals surface area contributed by atoms with Crippen LogP contribution in [0.1, 0.15) is 28.3 Å². The minimum Gasteiger partial charge on any atom is -0.338 e. The molecule has 0 radical (unpaired) electrons. The van der Waals surface area contributed by atoms with Crippen molar-refractivity contribution in [3.8, 4) is 0 Å². The number of carbonyl (C=O) groups is 1. The van der Waals surface area contributed by atoms with Crippen molar-refractivity contribution in [2.75, 3.05) is 7.05 Å². The Balaban J connectivity index is 2.02. The van der Waals surface area contributed by atoms with Gasteiger partial charge in [0.05, 0.1) is 13.0 Å². The molecule has 0 unspecified atom stereocenters. The van der Waals surface area contributed by atoms with E-state index in [0.29, 0.717) is 18.8 Å². The Kier molecular flexibility index (Phi) is 4.17. The summed E-state index contributed by atoms with van der Waals surface area (Å²) in [5.41, 5.74) is 3.39. The first-order valence-electron chi connectivity index (χ1n) is 6.63. The van der Waals surface area contributed by atoms with Crippen molar-refractivity contribution < 1.29 is 4.79 Å². The summed E-state index contributed by atoms with van der Waals surface area (Å²) in [5.74, 6) is 1.47. The first-order chi connectivity index (χ1) is 9.45. The number of rotatable bonds is 4. The maximum atomic E-state index is 12.2. The van der Waals surface area contributed by atoms with Crippen LogP contribution >= 0.6 is 0 Å². The van der Waals surface area contributed by atoms with E-state index < -0.39 is 0 Å². The van der Waals surface area contributed by atoms with Gasteiger partial charge in [-0.3, -0.25) is 9.89 Å². The molecule has 1 aromatic heterocycles. The fourth-order valence-electron chi connectivity index (χ4n) is 2.05. The first-order valence-corrected chi connectivity index (χ1v) is 6.63. The van der Waals surface area contributed by atoms with Crippen LogP contribution in [0.2, 0.25) is 0 Å². The Labute approximate surface area is 119 Å². The Morgan fingerprint density at radius 2 is 2.05 bits per heavy atom. The van der Waals surface area contributed by atoms with E-state index in [2.05, 4.69) is 33.4 Å². The van der Waals surface area contributed by atoms with Crippen molar-refractivity contribution in [1.82, 2.24) is 20.1 Å². The van der Waals surface area contributed by atoms with Gasteiger partial charge in [0.1, 0.15) is 5.82 Å². The highest BCUT2D eigenvalue weighted by molar-refractivity contribution is 5.78. The molecule has 2 aromatic rings. The summed E-state index contributed by atoms with van der Waals surface area (Å²) < 4.78 is 0. The second kappa shape index (κ2) is 5.86. The Hall–Kier alpha value is -2.17. The number of likely N-dealkylation sites (N-methyl/N-ethyl adjacent to an activating group) is 1. The fourth-order valence-corrected chi connectivity index (χ4v) is 2.05. The number of aromatic nitrogens is 3. The number of H-pyrrole nitrogens is 1. The number of hydrogen-bond donors (Lipinski definition) is 1. The largest absolute Gasteiger partial charge is 0.338 e. The molecule has 0 aliphatic rings. The Morgan fingerprint density at radius 3 is 2.70 bits per heavy atom. The second-order valence-electron chi connectivity index (χ2n) is 5.19. The van der Waals surface area contributed by atoms with Gasteiger partial charge in [0.2, 0.25) is 5.91 Å². The van der Waals surface area contributed by atoms with Gasteiger partial charge in [0, 0.05) is 7.05 Å². The van der Waals surface area contributed by atoms with Crippen LogP contribution in [-0.2, 0) is 17.8 Å². The summed E-state index contributed by atoms with van der Waals surface area (Å²) in [6.07, 6.45) is 0.410. The van der Waals surface area contributed by atoms with E-state index in [0.717, 1.165) is 17.0 Å². The van der Waals surface area contributed by atoms with Crippen molar-refractivity contribution in [3.05, 3.63) is 46.5 Å². The van der Waals surface area contributed by atoms with Crippen LogP contribution in [0.5, 0.6) is 0 Å². The number of amides is 1. The fraction of sp³-hybridized carbons (Fsp3) is 0.400. The van der Waals surface area contributed by atoms with E-state index in [1.54, 1.807) is 11.9 Å². The molecule has 20 heavy (non-hydrogen) atoms. The van der Waals surface area contributed by atoms with Gasteiger partial charge in [-0.1, -0.05) is 23.8 Å². The molecule has 0 aliphatic carbocycles. The maximum Gasteiger partial charge on any atom is 0.227 e. The van der Waals surface area contributed by atoms with Crippen molar-refractivity contribution in [2.24, 2.45) is 0 Å². The molecule has 0 aliphatic heterocycles. The molecule has 1 N–H and O–H groups in total. The minimum absolute atomic E-state index is 0.0705. The first kappa shape index (κ1) is 14.2. The molecular weight excluding hydrogens is 252 g/mol. The summed E-state index contributed by atoms with van der Waals surface area (Å²) >= 11 is 0. The summed E-state index contributed by atoms with van der Waals surface area (Å²) in [4.78, 5) is 18.1. The summed E-state index contributed by atoms with van der Waals surface area (Å²) in [6, 6.07) is 6.18. The van der Waals surface area contributed by atoms with Gasteiger partial charge in [0.15, 0.2) is 5.82 Å². The molecular formula is C15H20N4O. The summed E-state index contributed by atoms with van der Waals surface area (Å²) in [5, 5.41) is 6.83. The number of benzene rings is 1. The average molecular weight is 272 g/mol. The molecule has 106 valence electrons. The number of hydrogen-bond acceptors (Lipinski definition) is 3. The van der Waals surface area contributed by atoms with Gasteiger partial charge >= 0.3 is 0 Å². The Bertz CT molecular complexity index is 618. The van der Waals surface area contributed by atoms with Crippen LogP contribution in [0, 0.1) is 20.8 Å². The van der Waals surface area contributed by atoms with Crippen molar-refractivity contribution in [3.63, 3.8) is 0 Å². The molecule has 0 atom stereocenters. The number of aromatic amines is 1. The lowest BCUT2D eigenvalue weighted by Gasteiger charge is -2.16. The number of carbonyl (C=O) groups excluding carboxylic acids is 1. The van der Waals surface area contributed by atoms with Gasteiger partial charge in [-0.05, 0) is 31.9 Å². The smallest absolute Gasteiger partial charge is 0.227 e. The molecule has 5 nitrogen and oxygen atoms in total. The average Bonchev–Trinajstić information content (AvgIpc) is 2.79. The third-order valence-electron chi connectivity index (χ3n) is 3.29.